The first-order valence-corrected chi connectivity index (χ1v) is 8.67. The Morgan fingerprint density at radius 3 is 2.22 bits per heavy atom. The maximum atomic E-state index is 13.3. The van der Waals surface area contributed by atoms with Gasteiger partial charge in [0.25, 0.3) is 0 Å². The SMILES string of the molecule is C\C=C/C=C(\C(=C\CC)OC(CCC)CCCCC)C(F)(F)F. The number of allylic oxidation sites excluding steroid dienone is 5. The van der Waals surface area contributed by atoms with Crippen LogP contribution in [0.15, 0.2) is 35.6 Å². The highest BCUT2D eigenvalue weighted by Crippen LogP contribution is 2.33. The number of halogens is 3. The second-order valence-corrected chi connectivity index (χ2v) is 5.60. The summed E-state index contributed by atoms with van der Waals surface area (Å²) in [5.74, 6) is -0.0342. The Hall–Kier alpha value is -1.19. The molecule has 1 unspecified atom stereocenters. The van der Waals surface area contributed by atoms with Crippen LogP contribution in [-0.2, 0) is 4.74 Å². The summed E-state index contributed by atoms with van der Waals surface area (Å²) in [5.41, 5.74) is -0.700. The van der Waals surface area contributed by atoms with E-state index in [0.717, 1.165) is 44.6 Å². The number of ether oxygens (including phenoxy) is 1. The van der Waals surface area contributed by atoms with Crippen LogP contribution in [0.4, 0.5) is 13.2 Å². The quantitative estimate of drug-likeness (QED) is 0.222. The Balaban J connectivity index is 5.28. The molecule has 0 heterocycles. The minimum Gasteiger partial charge on any atom is -0.490 e. The van der Waals surface area contributed by atoms with E-state index in [4.69, 9.17) is 4.74 Å². The first-order valence-electron chi connectivity index (χ1n) is 8.67. The molecule has 0 rings (SSSR count). The van der Waals surface area contributed by atoms with Crippen LogP contribution in [0.1, 0.15) is 72.6 Å². The summed E-state index contributed by atoms with van der Waals surface area (Å²) >= 11 is 0. The summed E-state index contributed by atoms with van der Waals surface area (Å²) in [6.45, 7) is 7.65. The summed E-state index contributed by atoms with van der Waals surface area (Å²) in [4.78, 5) is 0. The molecule has 134 valence electrons. The molecule has 0 N–H and O–H groups in total. The lowest BCUT2D eigenvalue weighted by Crippen LogP contribution is -2.20. The van der Waals surface area contributed by atoms with E-state index in [0.29, 0.717) is 6.42 Å². The fraction of sp³-hybridized carbons (Fsp3) is 0.684. The molecule has 0 aliphatic rings. The Bertz CT molecular complexity index is 392. The number of alkyl halides is 3. The predicted molar refractivity (Wildman–Crippen MR) is 91.2 cm³/mol. The molecular formula is C19H31F3O. The zero-order valence-electron chi connectivity index (χ0n) is 14.9. The van der Waals surface area contributed by atoms with Gasteiger partial charge >= 0.3 is 6.18 Å². The average molecular weight is 332 g/mol. The van der Waals surface area contributed by atoms with Gasteiger partial charge in [0.15, 0.2) is 0 Å². The van der Waals surface area contributed by atoms with Crippen LogP contribution >= 0.6 is 0 Å². The van der Waals surface area contributed by atoms with Crippen LogP contribution < -0.4 is 0 Å². The molecule has 0 aromatic rings. The van der Waals surface area contributed by atoms with Crippen LogP contribution in [0.2, 0.25) is 0 Å². The van der Waals surface area contributed by atoms with Gasteiger partial charge in [-0.3, -0.25) is 0 Å². The molecule has 0 aromatic heterocycles. The van der Waals surface area contributed by atoms with E-state index in [1.165, 1.54) is 12.2 Å². The average Bonchev–Trinajstić information content (AvgIpc) is 2.46. The minimum atomic E-state index is -4.42. The van der Waals surface area contributed by atoms with Crippen LogP contribution in [0, 0.1) is 0 Å². The molecular weight excluding hydrogens is 301 g/mol. The molecule has 0 amide bonds. The summed E-state index contributed by atoms with van der Waals surface area (Å²) < 4.78 is 45.8. The number of hydrogen-bond donors (Lipinski definition) is 0. The van der Waals surface area contributed by atoms with E-state index in [-0.39, 0.29) is 11.9 Å². The zero-order chi connectivity index (χ0) is 17.7. The highest BCUT2D eigenvalue weighted by Gasteiger charge is 2.37. The van der Waals surface area contributed by atoms with Crippen molar-refractivity contribution in [3.8, 4) is 0 Å². The van der Waals surface area contributed by atoms with Gasteiger partial charge in [0.2, 0.25) is 0 Å². The van der Waals surface area contributed by atoms with Gasteiger partial charge in [-0.2, -0.15) is 13.2 Å². The Morgan fingerprint density at radius 1 is 1.04 bits per heavy atom. The van der Waals surface area contributed by atoms with E-state index in [1.807, 2.05) is 13.8 Å². The van der Waals surface area contributed by atoms with Crippen molar-refractivity contribution in [2.24, 2.45) is 0 Å². The molecule has 0 aliphatic carbocycles. The van der Waals surface area contributed by atoms with Gasteiger partial charge in [0, 0.05) is 0 Å². The summed E-state index contributed by atoms with van der Waals surface area (Å²) in [6.07, 6.45) is 7.19. The monoisotopic (exact) mass is 332 g/mol. The second-order valence-electron chi connectivity index (χ2n) is 5.60. The molecule has 0 spiro atoms. The van der Waals surface area contributed by atoms with Crippen molar-refractivity contribution in [3.05, 3.63) is 35.6 Å². The molecule has 0 aromatic carbocycles. The van der Waals surface area contributed by atoms with Crippen molar-refractivity contribution in [2.75, 3.05) is 0 Å². The van der Waals surface area contributed by atoms with E-state index in [9.17, 15) is 13.2 Å². The van der Waals surface area contributed by atoms with Crippen LogP contribution in [-0.4, -0.2) is 12.3 Å². The molecule has 1 atom stereocenters. The van der Waals surface area contributed by atoms with Gasteiger partial charge in [0.1, 0.15) is 5.76 Å². The summed E-state index contributed by atoms with van der Waals surface area (Å²) in [5, 5.41) is 0. The smallest absolute Gasteiger partial charge is 0.419 e. The molecule has 0 saturated carbocycles. The van der Waals surface area contributed by atoms with Gasteiger partial charge in [0.05, 0.1) is 11.7 Å². The maximum Gasteiger partial charge on any atom is 0.419 e. The van der Waals surface area contributed by atoms with E-state index in [2.05, 4.69) is 6.92 Å². The lowest BCUT2D eigenvalue weighted by molar-refractivity contribution is -0.0957. The first kappa shape index (κ1) is 21.8. The molecule has 4 heteroatoms. The number of hydrogen-bond acceptors (Lipinski definition) is 1. The fourth-order valence-electron chi connectivity index (χ4n) is 2.30. The van der Waals surface area contributed by atoms with Gasteiger partial charge in [-0.25, -0.2) is 0 Å². The van der Waals surface area contributed by atoms with Crippen molar-refractivity contribution in [1.82, 2.24) is 0 Å². The summed E-state index contributed by atoms with van der Waals surface area (Å²) in [6, 6.07) is 0. The largest absolute Gasteiger partial charge is 0.490 e. The van der Waals surface area contributed by atoms with Gasteiger partial charge in [-0.15, -0.1) is 0 Å². The highest BCUT2D eigenvalue weighted by molar-refractivity contribution is 5.33. The fourth-order valence-corrected chi connectivity index (χ4v) is 2.30. The Morgan fingerprint density at radius 2 is 1.74 bits per heavy atom. The van der Waals surface area contributed by atoms with E-state index >= 15 is 0 Å². The molecule has 0 fully saturated rings. The van der Waals surface area contributed by atoms with Crippen LogP contribution in [0.5, 0.6) is 0 Å². The zero-order valence-corrected chi connectivity index (χ0v) is 14.9. The Kier molecular flexibility index (Phi) is 11.6. The maximum absolute atomic E-state index is 13.3. The first-order chi connectivity index (χ1) is 10.9. The van der Waals surface area contributed by atoms with E-state index < -0.39 is 11.7 Å². The molecule has 23 heavy (non-hydrogen) atoms. The van der Waals surface area contributed by atoms with Crippen molar-refractivity contribution >= 4 is 0 Å². The molecule has 0 bridgehead atoms. The third-order valence-corrected chi connectivity index (χ3v) is 3.45. The lowest BCUT2D eigenvalue weighted by Gasteiger charge is -2.23. The number of rotatable bonds is 11. The van der Waals surface area contributed by atoms with Gasteiger partial charge in [-0.1, -0.05) is 52.2 Å². The van der Waals surface area contributed by atoms with Gasteiger partial charge < -0.3 is 4.74 Å². The Labute approximate surface area is 139 Å². The standard InChI is InChI=1S/C19H31F3O/c1-5-9-11-14-16(12-7-3)23-18(13-8-4)17(15-10-6-2)19(20,21)22/h6,10,13,15-16H,5,7-9,11-12,14H2,1-4H3/b10-6-,17-15+,18-13-. The third kappa shape index (κ3) is 9.52. The predicted octanol–water partition coefficient (Wildman–Crippen LogP) is 7.11. The number of unbranched alkanes of at least 4 members (excludes halogenated alkanes) is 2. The van der Waals surface area contributed by atoms with Crippen molar-refractivity contribution in [1.29, 1.82) is 0 Å². The molecule has 0 aliphatic heterocycles. The highest BCUT2D eigenvalue weighted by atomic mass is 19.4. The topological polar surface area (TPSA) is 9.23 Å². The van der Waals surface area contributed by atoms with Crippen molar-refractivity contribution < 1.29 is 17.9 Å². The van der Waals surface area contributed by atoms with E-state index in [1.54, 1.807) is 13.0 Å². The lowest BCUT2D eigenvalue weighted by atomic mass is 10.1. The third-order valence-electron chi connectivity index (χ3n) is 3.45. The molecule has 1 nitrogen and oxygen atoms in total. The molecule has 0 radical (unpaired) electrons. The second kappa shape index (κ2) is 12.3. The van der Waals surface area contributed by atoms with Gasteiger partial charge in [-0.05, 0) is 44.8 Å². The van der Waals surface area contributed by atoms with Crippen molar-refractivity contribution in [2.45, 2.75) is 84.9 Å². The summed E-state index contributed by atoms with van der Waals surface area (Å²) in [7, 11) is 0. The minimum absolute atomic E-state index is 0.0342. The van der Waals surface area contributed by atoms with Crippen molar-refractivity contribution in [3.63, 3.8) is 0 Å². The molecule has 0 saturated heterocycles. The van der Waals surface area contributed by atoms with Crippen LogP contribution in [0.25, 0.3) is 0 Å². The van der Waals surface area contributed by atoms with Crippen LogP contribution in [0.3, 0.4) is 0 Å². The normalized spacial score (nSPS) is 15.3.